The highest BCUT2D eigenvalue weighted by atomic mass is 35.5. The lowest BCUT2D eigenvalue weighted by molar-refractivity contribution is -0.117. The molecule has 4 rings (SSSR count). The van der Waals surface area contributed by atoms with Crippen molar-refractivity contribution < 1.29 is 9.59 Å². The fraction of sp³-hybridized carbons (Fsp3) is 0.227. The van der Waals surface area contributed by atoms with E-state index in [1.165, 1.54) is 6.20 Å². The zero-order valence-electron chi connectivity index (χ0n) is 16.2. The zero-order valence-corrected chi connectivity index (χ0v) is 16.9. The Kier molecular flexibility index (Phi) is 5.11. The van der Waals surface area contributed by atoms with E-state index in [4.69, 9.17) is 11.6 Å². The first-order valence-corrected chi connectivity index (χ1v) is 9.83. The van der Waals surface area contributed by atoms with Crippen LogP contribution in [-0.4, -0.2) is 28.1 Å². The number of para-hydroxylation sites is 2. The molecule has 1 aromatic heterocycles. The molecule has 148 valence electrons. The average Bonchev–Trinajstić information content (AvgIpc) is 3.14. The minimum Gasteiger partial charge on any atom is -0.305 e. The molecule has 3 aromatic rings. The third-order valence-corrected chi connectivity index (χ3v) is 5.56. The van der Waals surface area contributed by atoms with Crippen LogP contribution in [0.1, 0.15) is 42.4 Å². The highest BCUT2D eigenvalue weighted by molar-refractivity contribution is 6.34. The Morgan fingerprint density at radius 1 is 1.14 bits per heavy atom. The average molecular weight is 409 g/mol. The molecule has 29 heavy (non-hydrogen) atoms. The van der Waals surface area contributed by atoms with Crippen LogP contribution in [0.3, 0.4) is 0 Å². The van der Waals surface area contributed by atoms with Crippen molar-refractivity contribution >= 4 is 34.8 Å². The van der Waals surface area contributed by atoms with E-state index in [-0.39, 0.29) is 34.6 Å². The lowest BCUT2D eigenvalue weighted by atomic mass is 9.89. The standard InChI is InChI=1S/C22H21ClN4O2/c1-14-12-20(27(15(2)28)16-8-4-3-5-9-16)17-10-6-7-11-19(17)26(14)22(29)21-18(23)13-24-25-21/h3-11,13-14,20H,12H2,1-2H3,(H,24,25). The Morgan fingerprint density at radius 3 is 2.48 bits per heavy atom. The van der Waals surface area contributed by atoms with Crippen LogP contribution in [0.2, 0.25) is 5.02 Å². The van der Waals surface area contributed by atoms with Crippen LogP contribution >= 0.6 is 11.6 Å². The molecule has 7 heteroatoms. The number of fused-ring (bicyclic) bond motifs is 1. The minimum absolute atomic E-state index is 0.0420. The third-order valence-electron chi connectivity index (χ3n) is 5.27. The van der Waals surface area contributed by atoms with Crippen LogP contribution in [0, 0.1) is 0 Å². The number of carbonyl (C=O) groups excluding carboxylic acids is 2. The van der Waals surface area contributed by atoms with E-state index in [0.717, 1.165) is 16.9 Å². The number of amides is 2. The fourth-order valence-corrected chi connectivity index (χ4v) is 4.22. The summed E-state index contributed by atoms with van der Waals surface area (Å²) in [5.74, 6) is -0.278. The van der Waals surface area contributed by atoms with E-state index in [1.807, 2.05) is 61.5 Å². The first-order valence-electron chi connectivity index (χ1n) is 9.45. The van der Waals surface area contributed by atoms with Crippen molar-refractivity contribution in [3.63, 3.8) is 0 Å². The van der Waals surface area contributed by atoms with E-state index >= 15 is 0 Å². The first-order chi connectivity index (χ1) is 14.0. The summed E-state index contributed by atoms with van der Waals surface area (Å²) in [6, 6.07) is 17.0. The molecule has 6 nitrogen and oxygen atoms in total. The molecule has 2 heterocycles. The van der Waals surface area contributed by atoms with Gasteiger partial charge in [-0.3, -0.25) is 14.7 Å². The fourth-order valence-electron chi connectivity index (χ4n) is 4.05. The number of benzene rings is 2. The Labute approximate surface area is 174 Å². The summed E-state index contributed by atoms with van der Waals surface area (Å²) >= 11 is 6.14. The van der Waals surface area contributed by atoms with Gasteiger partial charge in [0.2, 0.25) is 5.91 Å². The van der Waals surface area contributed by atoms with Gasteiger partial charge in [-0.25, -0.2) is 0 Å². The Balaban J connectivity index is 1.80. The monoisotopic (exact) mass is 408 g/mol. The number of nitrogens with zero attached hydrogens (tertiary/aromatic N) is 3. The molecule has 2 atom stereocenters. The summed E-state index contributed by atoms with van der Waals surface area (Å²) in [4.78, 5) is 29.4. The summed E-state index contributed by atoms with van der Waals surface area (Å²) in [7, 11) is 0. The molecule has 1 aliphatic rings. The number of nitrogens with one attached hydrogen (secondary N) is 1. The van der Waals surface area contributed by atoms with Gasteiger partial charge in [0.1, 0.15) is 5.69 Å². The first kappa shape index (κ1) is 19.2. The van der Waals surface area contributed by atoms with Crippen molar-refractivity contribution in [3.05, 3.63) is 77.1 Å². The van der Waals surface area contributed by atoms with Crippen LogP contribution in [-0.2, 0) is 4.79 Å². The molecule has 1 N–H and O–H groups in total. The van der Waals surface area contributed by atoms with Crippen molar-refractivity contribution in [1.82, 2.24) is 10.2 Å². The molecule has 1 aliphatic heterocycles. The van der Waals surface area contributed by atoms with Crippen LogP contribution in [0.15, 0.2) is 60.8 Å². The quantitative estimate of drug-likeness (QED) is 0.688. The second-order valence-electron chi connectivity index (χ2n) is 7.15. The molecule has 0 saturated heterocycles. The molecular weight excluding hydrogens is 388 g/mol. The van der Waals surface area contributed by atoms with Gasteiger partial charge in [0.25, 0.3) is 5.91 Å². The Morgan fingerprint density at radius 2 is 1.83 bits per heavy atom. The van der Waals surface area contributed by atoms with Crippen molar-refractivity contribution in [2.24, 2.45) is 0 Å². The summed E-state index contributed by atoms with van der Waals surface area (Å²) in [5, 5.41) is 6.85. The molecule has 0 spiro atoms. The smallest absolute Gasteiger partial charge is 0.278 e. The van der Waals surface area contributed by atoms with Gasteiger partial charge in [0, 0.05) is 24.3 Å². The van der Waals surface area contributed by atoms with Crippen molar-refractivity contribution in [2.75, 3.05) is 9.80 Å². The number of H-pyrrole nitrogens is 1. The number of aromatic amines is 1. The molecule has 2 unspecified atom stereocenters. The molecule has 2 amide bonds. The van der Waals surface area contributed by atoms with Gasteiger partial charge in [-0.2, -0.15) is 5.10 Å². The van der Waals surface area contributed by atoms with Crippen LogP contribution in [0.4, 0.5) is 11.4 Å². The van der Waals surface area contributed by atoms with E-state index in [2.05, 4.69) is 10.2 Å². The van der Waals surface area contributed by atoms with Gasteiger partial charge in [-0.1, -0.05) is 48.0 Å². The van der Waals surface area contributed by atoms with Gasteiger partial charge in [0.05, 0.1) is 17.3 Å². The van der Waals surface area contributed by atoms with Crippen LogP contribution in [0.25, 0.3) is 0 Å². The molecule has 0 fully saturated rings. The number of anilines is 2. The van der Waals surface area contributed by atoms with Gasteiger partial charge >= 0.3 is 0 Å². The highest BCUT2D eigenvalue weighted by Crippen LogP contribution is 2.42. The SMILES string of the molecule is CC(=O)N(c1ccccc1)C1CC(C)N(C(=O)c2[nH]ncc2Cl)c2ccccc21. The second kappa shape index (κ2) is 7.72. The minimum atomic E-state index is -0.236. The zero-order chi connectivity index (χ0) is 20.5. The van der Waals surface area contributed by atoms with Crippen LogP contribution in [0.5, 0.6) is 0 Å². The van der Waals surface area contributed by atoms with E-state index in [0.29, 0.717) is 6.42 Å². The Bertz CT molecular complexity index is 1050. The molecular formula is C22H21ClN4O2. The predicted octanol–water partition coefficient (Wildman–Crippen LogP) is 4.60. The van der Waals surface area contributed by atoms with E-state index in [9.17, 15) is 9.59 Å². The maximum atomic E-state index is 13.2. The topological polar surface area (TPSA) is 69.3 Å². The van der Waals surface area contributed by atoms with Crippen LogP contribution < -0.4 is 9.80 Å². The Hall–Kier alpha value is -3.12. The maximum absolute atomic E-state index is 13.2. The van der Waals surface area contributed by atoms with Gasteiger partial charge in [0.15, 0.2) is 0 Å². The summed E-state index contributed by atoms with van der Waals surface area (Å²) < 4.78 is 0. The highest BCUT2D eigenvalue weighted by Gasteiger charge is 2.38. The molecule has 0 bridgehead atoms. The summed E-state index contributed by atoms with van der Waals surface area (Å²) in [6.07, 6.45) is 2.02. The normalized spacial score (nSPS) is 18.2. The lowest BCUT2D eigenvalue weighted by Crippen LogP contribution is -2.47. The van der Waals surface area contributed by atoms with Gasteiger partial charge < -0.3 is 9.80 Å². The van der Waals surface area contributed by atoms with E-state index in [1.54, 1.807) is 16.7 Å². The number of rotatable bonds is 3. The largest absolute Gasteiger partial charge is 0.305 e. The van der Waals surface area contributed by atoms with Crippen molar-refractivity contribution in [3.8, 4) is 0 Å². The number of carbonyl (C=O) groups is 2. The van der Waals surface area contributed by atoms with Gasteiger partial charge in [-0.05, 0) is 37.1 Å². The summed E-state index contributed by atoms with van der Waals surface area (Å²) in [5.41, 5.74) is 2.80. The maximum Gasteiger partial charge on any atom is 0.278 e. The van der Waals surface area contributed by atoms with E-state index < -0.39 is 0 Å². The van der Waals surface area contributed by atoms with Gasteiger partial charge in [-0.15, -0.1) is 0 Å². The van der Waals surface area contributed by atoms with Crippen molar-refractivity contribution in [1.29, 1.82) is 0 Å². The number of hydrogen-bond donors (Lipinski definition) is 1. The third kappa shape index (κ3) is 3.40. The molecule has 0 aliphatic carbocycles. The lowest BCUT2D eigenvalue weighted by Gasteiger charge is -2.43. The predicted molar refractivity (Wildman–Crippen MR) is 113 cm³/mol. The number of hydrogen-bond acceptors (Lipinski definition) is 3. The number of aromatic nitrogens is 2. The van der Waals surface area contributed by atoms with Crippen molar-refractivity contribution in [2.45, 2.75) is 32.4 Å². The molecule has 0 saturated carbocycles. The molecule has 0 radical (unpaired) electrons. The molecule has 2 aromatic carbocycles. The second-order valence-corrected chi connectivity index (χ2v) is 7.56. The summed E-state index contributed by atoms with van der Waals surface area (Å²) in [6.45, 7) is 3.55. The number of halogens is 1.